The highest BCUT2D eigenvalue weighted by molar-refractivity contribution is 6.32. The van der Waals surface area contributed by atoms with E-state index in [0.29, 0.717) is 0 Å². The van der Waals surface area contributed by atoms with Crippen molar-refractivity contribution >= 4 is 52.3 Å². The molecule has 1 heterocycles. The van der Waals surface area contributed by atoms with Gasteiger partial charge in [-0.15, -0.1) is 0 Å². The van der Waals surface area contributed by atoms with Crippen molar-refractivity contribution < 1.29 is 4.42 Å². The van der Waals surface area contributed by atoms with E-state index in [0.717, 1.165) is 55.6 Å². The molecule has 182 valence electrons. The van der Waals surface area contributed by atoms with E-state index in [1.54, 1.807) is 0 Å². The maximum atomic E-state index is 6.43. The van der Waals surface area contributed by atoms with E-state index in [9.17, 15) is 0 Å². The zero-order valence-electron chi connectivity index (χ0n) is 21.3. The molecule has 0 spiro atoms. The van der Waals surface area contributed by atoms with Gasteiger partial charge in [-0.25, -0.2) is 0 Å². The fourth-order valence-corrected chi connectivity index (χ4v) is 5.34. The molecule has 0 fully saturated rings. The summed E-state index contributed by atoms with van der Waals surface area (Å²) < 4.78 is 6.43. The van der Waals surface area contributed by atoms with E-state index >= 15 is 0 Å². The maximum absolute atomic E-state index is 6.43. The van der Waals surface area contributed by atoms with Crippen molar-refractivity contribution in [2.24, 2.45) is 0 Å². The highest BCUT2D eigenvalue weighted by atomic mass is 16.3. The molecule has 2 nitrogen and oxygen atoms in total. The number of nitrogens with zero attached hydrogens (tertiary/aromatic N) is 1. The van der Waals surface area contributed by atoms with E-state index in [2.05, 4.69) is 120 Å². The van der Waals surface area contributed by atoms with Crippen LogP contribution >= 0.6 is 0 Å². The Morgan fingerprint density at radius 1 is 0.462 bits per heavy atom. The second kappa shape index (κ2) is 9.70. The summed E-state index contributed by atoms with van der Waals surface area (Å²) in [6.45, 7) is 0. The third kappa shape index (κ3) is 4.19. The summed E-state index contributed by atoms with van der Waals surface area (Å²) in [5.74, 6) is 0. The number of fused-ring (bicyclic) bond motifs is 3. The topological polar surface area (TPSA) is 16.4 Å². The predicted octanol–water partition coefficient (Wildman–Crippen LogP) is 9.18. The van der Waals surface area contributed by atoms with Crippen LogP contribution in [-0.4, -0.2) is 7.85 Å². The summed E-state index contributed by atoms with van der Waals surface area (Å²) >= 11 is 0. The number of para-hydroxylation sites is 3. The molecule has 7 rings (SSSR count). The lowest BCUT2D eigenvalue weighted by Gasteiger charge is -2.28. The minimum absolute atomic E-state index is 0.735. The molecule has 0 amide bonds. The van der Waals surface area contributed by atoms with Gasteiger partial charge in [0, 0.05) is 33.3 Å². The Morgan fingerprint density at radius 3 is 1.85 bits per heavy atom. The van der Waals surface area contributed by atoms with Gasteiger partial charge in [-0.1, -0.05) is 115 Å². The van der Waals surface area contributed by atoms with Crippen molar-refractivity contribution in [1.82, 2.24) is 0 Å². The van der Waals surface area contributed by atoms with Gasteiger partial charge in [-0.3, -0.25) is 0 Å². The molecule has 0 saturated carbocycles. The number of furan rings is 1. The first kappa shape index (κ1) is 23.1. The quantitative estimate of drug-likeness (QED) is 0.221. The van der Waals surface area contributed by atoms with Gasteiger partial charge in [0.1, 0.15) is 19.0 Å². The van der Waals surface area contributed by atoms with Crippen LogP contribution in [0.3, 0.4) is 0 Å². The monoisotopic (exact) mass is 497 g/mol. The molecule has 0 saturated heterocycles. The molecule has 3 heteroatoms. The lowest BCUT2D eigenvalue weighted by atomic mass is 9.95. The fourth-order valence-electron chi connectivity index (χ4n) is 5.34. The van der Waals surface area contributed by atoms with Gasteiger partial charge in [0.15, 0.2) is 0 Å². The number of benzene rings is 6. The average molecular weight is 497 g/mol. The molecule has 0 aliphatic rings. The first-order valence-electron chi connectivity index (χ1n) is 13.1. The minimum atomic E-state index is 0.735. The zero-order valence-corrected chi connectivity index (χ0v) is 21.3. The van der Waals surface area contributed by atoms with Crippen LogP contribution < -0.4 is 10.4 Å². The normalized spacial score (nSPS) is 11.2. The minimum Gasteiger partial charge on any atom is -0.455 e. The van der Waals surface area contributed by atoms with E-state index < -0.39 is 0 Å². The first-order chi connectivity index (χ1) is 19.3. The van der Waals surface area contributed by atoms with Gasteiger partial charge < -0.3 is 9.32 Å². The number of rotatable bonds is 5. The average Bonchev–Trinajstić information content (AvgIpc) is 3.38. The van der Waals surface area contributed by atoms with E-state index in [1.807, 2.05) is 30.3 Å². The highest BCUT2D eigenvalue weighted by Gasteiger charge is 2.20. The summed E-state index contributed by atoms with van der Waals surface area (Å²) in [5.41, 5.74) is 10.2. The Morgan fingerprint density at radius 2 is 1.05 bits per heavy atom. The van der Waals surface area contributed by atoms with Gasteiger partial charge in [0.05, 0.1) is 5.69 Å². The van der Waals surface area contributed by atoms with Crippen LogP contribution in [0.1, 0.15) is 0 Å². The van der Waals surface area contributed by atoms with Crippen LogP contribution in [0.2, 0.25) is 0 Å². The van der Waals surface area contributed by atoms with Gasteiger partial charge in [-0.05, 0) is 47.5 Å². The van der Waals surface area contributed by atoms with Gasteiger partial charge in [0.2, 0.25) is 0 Å². The lowest BCUT2D eigenvalue weighted by molar-refractivity contribution is 0.670. The summed E-state index contributed by atoms with van der Waals surface area (Å²) in [6.07, 6.45) is 0. The van der Waals surface area contributed by atoms with Crippen LogP contribution in [0.5, 0.6) is 0 Å². The molecule has 7 aromatic rings. The maximum Gasteiger partial charge on any atom is 0.143 e. The largest absolute Gasteiger partial charge is 0.455 e. The molecule has 0 bridgehead atoms. The summed E-state index contributed by atoms with van der Waals surface area (Å²) in [4.78, 5) is 2.28. The van der Waals surface area contributed by atoms with E-state index in [4.69, 9.17) is 12.3 Å². The Hall–Kier alpha value is -5.02. The molecular weight excluding hydrogens is 473 g/mol. The molecule has 2 radical (unpaired) electrons. The smallest absolute Gasteiger partial charge is 0.143 e. The van der Waals surface area contributed by atoms with Crippen molar-refractivity contribution in [3.63, 3.8) is 0 Å². The fraction of sp³-hybridized carbons (Fsp3) is 0. The van der Waals surface area contributed by atoms with Gasteiger partial charge in [-0.2, -0.15) is 0 Å². The molecular formula is C36H24BNO. The van der Waals surface area contributed by atoms with Crippen molar-refractivity contribution in [2.75, 3.05) is 4.90 Å². The van der Waals surface area contributed by atoms with Crippen molar-refractivity contribution in [2.45, 2.75) is 0 Å². The molecule has 0 aliphatic heterocycles. The highest BCUT2D eigenvalue weighted by Crippen LogP contribution is 2.44. The summed E-state index contributed by atoms with van der Waals surface area (Å²) in [5, 5.41) is 2.24. The Kier molecular flexibility index (Phi) is 5.75. The molecule has 1 aromatic heterocycles. The predicted molar refractivity (Wildman–Crippen MR) is 165 cm³/mol. The Labute approximate surface area is 229 Å². The zero-order chi connectivity index (χ0) is 26.2. The van der Waals surface area contributed by atoms with Crippen molar-refractivity contribution in [3.05, 3.63) is 146 Å². The first-order valence-corrected chi connectivity index (χ1v) is 13.1. The van der Waals surface area contributed by atoms with E-state index in [-0.39, 0.29) is 0 Å². The van der Waals surface area contributed by atoms with Gasteiger partial charge >= 0.3 is 0 Å². The molecule has 6 aromatic carbocycles. The summed E-state index contributed by atoms with van der Waals surface area (Å²) in [6, 6.07) is 50.3. The second-order valence-electron chi connectivity index (χ2n) is 9.64. The molecule has 0 N–H and O–H groups in total. The van der Waals surface area contributed by atoms with Crippen LogP contribution in [0.15, 0.2) is 150 Å². The second-order valence-corrected chi connectivity index (χ2v) is 9.64. The number of hydrogen-bond donors (Lipinski definition) is 0. The number of anilines is 3. The summed E-state index contributed by atoms with van der Waals surface area (Å²) in [7, 11) is 6.08. The SMILES string of the molecule is [B]c1ccc(N(c2ccc(-c3ccccc3)cc2)c2ccccc2-c2cccc3c2oc2ccccc23)cc1. The molecule has 0 atom stereocenters. The Bertz CT molecular complexity index is 1910. The van der Waals surface area contributed by atoms with Crippen LogP contribution in [0.4, 0.5) is 17.1 Å². The van der Waals surface area contributed by atoms with Crippen LogP contribution in [-0.2, 0) is 0 Å². The van der Waals surface area contributed by atoms with Crippen molar-refractivity contribution in [3.8, 4) is 22.3 Å². The standard InChI is InChI=1S/C36H24BNO/c37-27-19-23-29(24-20-27)38(28-21-17-26(18-22-28)25-9-2-1-3-10-25)34-15-6-4-11-30(34)32-13-8-14-33-31-12-5-7-16-35(31)39-36(32)33/h1-24H. The number of hydrogen-bond acceptors (Lipinski definition) is 2. The third-order valence-corrected chi connectivity index (χ3v) is 7.22. The van der Waals surface area contributed by atoms with Crippen LogP contribution in [0.25, 0.3) is 44.2 Å². The van der Waals surface area contributed by atoms with Crippen LogP contribution in [0, 0.1) is 0 Å². The lowest BCUT2D eigenvalue weighted by Crippen LogP contribution is -2.12. The third-order valence-electron chi connectivity index (χ3n) is 7.22. The molecule has 39 heavy (non-hydrogen) atoms. The Balaban J connectivity index is 1.42. The van der Waals surface area contributed by atoms with Crippen molar-refractivity contribution in [1.29, 1.82) is 0 Å². The molecule has 0 aliphatic carbocycles. The molecule has 0 unspecified atom stereocenters. The van der Waals surface area contributed by atoms with Gasteiger partial charge in [0.25, 0.3) is 0 Å². The van der Waals surface area contributed by atoms with E-state index in [1.165, 1.54) is 11.1 Å².